The Hall–Kier alpha value is -1.26. The number of rotatable bonds is 1. The van der Waals surface area contributed by atoms with Crippen LogP contribution in [0, 0.1) is 5.41 Å². The molecule has 2 bridgehead atoms. The fourth-order valence-corrected chi connectivity index (χ4v) is 3.73. The fourth-order valence-electron chi connectivity index (χ4n) is 3.73. The normalized spacial score (nSPS) is 34.8. The van der Waals surface area contributed by atoms with E-state index in [9.17, 15) is 15.3 Å². The van der Waals surface area contributed by atoms with Crippen molar-refractivity contribution in [1.82, 2.24) is 0 Å². The molecule has 0 unspecified atom stereocenters. The zero-order valence-electron chi connectivity index (χ0n) is 11.5. The van der Waals surface area contributed by atoms with Crippen LogP contribution < -0.4 is 4.74 Å². The largest absolute Gasteiger partial charge is 0.508 e. The molecule has 0 amide bonds. The zero-order valence-corrected chi connectivity index (χ0v) is 11.5. The van der Waals surface area contributed by atoms with Crippen molar-refractivity contribution in [3.63, 3.8) is 0 Å². The van der Waals surface area contributed by atoms with Crippen molar-refractivity contribution in [2.45, 2.75) is 51.4 Å². The first-order valence-electron chi connectivity index (χ1n) is 6.59. The van der Waals surface area contributed by atoms with E-state index in [-0.39, 0.29) is 23.2 Å². The number of aromatic hydroxyl groups is 1. The molecule has 3 N–H and O–H groups in total. The highest BCUT2D eigenvalue weighted by Crippen LogP contribution is 2.63. The molecule has 0 spiro atoms. The standard InChI is InChI=1S/C15H20O4/c1-13(2)7-15(18)8-14(13,3)10-5-11(17)9(6-16)4-12(10)19-15/h4-5,16-18H,6-8H2,1-3H3/t14-,15+/m1/s1. The van der Waals surface area contributed by atoms with Crippen LogP contribution in [0.5, 0.6) is 11.5 Å². The van der Waals surface area contributed by atoms with Crippen LogP contribution in [0.1, 0.15) is 44.7 Å². The second-order valence-corrected chi connectivity index (χ2v) is 6.75. The number of aliphatic hydroxyl groups excluding tert-OH is 1. The molecule has 2 atom stereocenters. The first-order chi connectivity index (χ1) is 8.71. The van der Waals surface area contributed by atoms with E-state index in [4.69, 9.17) is 4.74 Å². The van der Waals surface area contributed by atoms with Crippen molar-refractivity contribution in [3.05, 3.63) is 23.3 Å². The summed E-state index contributed by atoms with van der Waals surface area (Å²) in [6.07, 6.45) is 1.08. The molecule has 1 fully saturated rings. The molecule has 2 aliphatic rings. The lowest BCUT2D eigenvalue weighted by atomic mass is 9.65. The van der Waals surface area contributed by atoms with E-state index in [1.54, 1.807) is 12.1 Å². The summed E-state index contributed by atoms with van der Waals surface area (Å²) in [7, 11) is 0. The molecule has 1 heterocycles. The topological polar surface area (TPSA) is 69.9 Å². The Bertz CT molecular complexity index is 551. The van der Waals surface area contributed by atoms with E-state index in [2.05, 4.69) is 20.8 Å². The van der Waals surface area contributed by atoms with Gasteiger partial charge in [-0.05, 0) is 17.5 Å². The van der Waals surface area contributed by atoms with E-state index in [1.807, 2.05) is 0 Å². The molecule has 0 saturated heterocycles. The van der Waals surface area contributed by atoms with E-state index in [0.29, 0.717) is 24.2 Å². The maximum absolute atomic E-state index is 10.6. The Morgan fingerprint density at radius 1 is 1.21 bits per heavy atom. The van der Waals surface area contributed by atoms with Gasteiger partial charge in [-0.25, -0.2) is 0 Å². The summed E-state index contributed by atoms with van der Waals surface area (Å²) in [5, 5.41) is 29.7. The van der Waals surface area contributed by atoms with Crippen molar-refractivity contribution in [2.24, 2.45) is 5.41 Å². The molecule has 104 valence electrons. The maximum atomic E-state index is 10.6. The van der Waals surface area contributed by atoms with Gasteiger partial charge >= 0.3 is 0 Å². The summed E-state index contributed by atoms with van der Waals surface area (Å²) in [5.41, 5.74) is 0.959. The van der Waals surface area contributed by atoms with Crippen LogP contribution in [-0.4, -0.2) is 21.1 Å². The Balaban J connectivity index is 2.24. The van der Waals surface area contributed by atoms with Crippen molar-refractivity contribution >= 4 is 0 Å². The van der Waals surface area contributed by atoms with Crippen LogP contribution in [-0.2, 0) is 12.0 Å². The summed E-state index contributed by atoms with van der Waals surface area (Å²) >= 11 is 0. The lowest BCUT2D eigenvalue weighted by Crippen LogP contribution is -2.40. The Morgan fingerprint density at radius 2 is 1.89 bits per heavy atom. The minimum absolute atomic E-state index is 0.0826. The number of fused-ring (bicyclic) bond motifs is 4. The van der Waals surface area contributed by atoms with Crippen LogP contribution in [0.4, 0.5) is 0 Å². The van der Waals surface area contributed by atoms with E-state index < -0.39 is 5.79 Å². The maximum Gasteiger partial charge on any atom is 0.209 e. The van der Waals surface area contributed by atoms with Crippen LogP contribution in [0.3, 0.4) is 0 Å². The smallest absolute Gasteiger partial charge is 0.209 e. The third-order valence-corrected chi connectivity index (χ3v) is 5.09. The molecule has 0 aromatic heterocycles. The molecule has 0 radical (unpaired) electrons. The summed E-state index contributed by atoms with van der Waals surface area (Å²) in [6, 6.07) is 3.31. The second kappa shape index (κ2) is 3.44. The van der Waals surface area contributed by atoms with Gasteiger partial charge in [0.2, 0.25) is 5.79 Å². The summed E-state index contributed by atoms with van der Waals surface area (Å²) in [4.78, 5) is 0. The molecule has 1 aromatic rings. The highest BCUT2D eigenvalue weighted by molar-refractivity contribution is 5.52. The number of benzene rings is 1. The Labute approximate surface area is 112 Å². The second-order valence-electron chi connectivity index (χ2n) is 6.75. The SMILES string of the molecule is CC1(C)C[C@@]2(O)C[C@]1(C)c1cc(O)c(CO)cc1O2. The molecule has 4 nitrogen and oxygen atoms in total. The van der Waals surface area contributed by atoms with E-state index >= 15 is 0 Å². The van der Waals surface area contributed by atoms with Crippen LogP contribution in [0.2, 0.25) is 0 Å². The highest BCUT2D eigenvalue weighted by atomic mass is 16.6. The van der Waals surface area contributed by atoms with Gasteiger partial charge in [0.15, 0.2) is 0 Å². The molecule has 1 aliphatic carbocycles. The fraction of sp³-hybridized carbons (Fsp3) is 0.600. The van der Waals surface area contributed by atoms with Gasteiger partial charge in [0, 0.05) is 29.4 Å². The minimum atomic E-state index is -1.14. The minimum Gasteiger partial charge on any atom is -0.508 e. The molecule has 1 aliphatic heterocycles. The first kappa shape index (κ1) is 12.8. The van der Waals surface area contributed by atoms with Gasteiger partial charge in [-0.15, -0.1) is 0 Å². The van der Waals surface area contributed by atoms with E-state index in [0.717, 1.165) is 5.56 Å². The van der Waals surface area contributed by atoms with Gasteiger partial charge < -0.3 is 20.1 Å². The van der Waals surface area contributed by atoms with Crippen LogP contribution in [0.25, 0.3) is 0 Å². The van der Waals surface area contributed by atoms with Crippen molar-refractivity contribution < 1.29 is 20.1 Å². The van der Waals surface area contributed by atoms with Gasteiger partial charge in [-0.2, -0.15) is 0 Å². The molecular weight excluding hydrogens is 244 g/mol. The summed E-state index contributed by atoms with van der Waals surface area (Å²) < 4.78 is 5.74. The summed E-state index contributed by atoms with van der Waals surface area (Å²) in [6.45, 7) is 6.08. The van der Waals surface area contributed by atoms with Crippen LogP contribution in [0.15, 0.2) is 12.1 Å². The van der Waals surface area contributed by atoms with Gasteiger partial charge in [-0.1, -0.05) is 20.8 Å². The highest BCUT2D eigenvalue weighted by Gasteiger charge is 2.62. The predicted octanol–water partition coefficient (Wildman–Crippen LogP) is 2.04. The van der Waals surface area contributed by atoms with Crippen molar-refractivity contribution in [3.8, 4) is 11.5 Å². The number of aliphatic hydroxyl groups is 2. The average Bonchev–Trinajstić information content (AvgIpc) is 2.43. The average molecular weight is 264 g/mol. The lowest BCUT2D eigenvalue weighted by molar-refractivity contribution is -0.142. The van der Waals surface area contributed by atoms with Gasteiger partial charge in [0.25, 0.3) is 0 Å². The molecule has 1 aromatic carbocycles. The van der Waals surface area contributed by atoms with Gasteiger partial charge in [-0.3, -0.25) is 0 Å². The van der Waals surface area contributed by atoms with Gasteiger partial charge in [0.05, 0.1) is 6.61 Å². The molecule has 3 rings (SSSR count). The first-order valence-corrected chi connectivity index (χ1v) is 6.59. The number of hydrogen-bond acceptors (Lipinski definition) is 4. The monoisotopic (exact) mass is 264 g/mol. The number of phenols is 1. The lowest BCUT2D eigenvalue weighted by Gasteiger charge is -2.41. The zero-order chi connectivity index (χ0) is 14.1. The van der Waals surface area contributed by atoms with E-state index in [1.165, 1.54) is 0 Å². The quantitative estimate of drug-likeness (QED) is 0.726. The van der Waals surface area contributed by atoms with Crippen LogP contribution >= 0.6 is 0 Å². The molecular formula is C15H20O4. The molecule has 1 saturated carbocycles. The Kier molecular flexibility index (Phi) is 2.31. The van der Waals surface area contributed by atoms with Gasteiger partial charge in [0.1, 0.15) is 11.5 Å². The predicted molar refractivity (Wildman–Crippen MR) is 70.0 cm³/mol. The summed E-state index contributed by atoms with van der Waals surface area (Å²) in [5.74, 6) is -0.488. The molecule has 4 heteroatoms. The van der Waals surface area contributed by atoms with Crippen molar-refractivity contribution in [2.75, 3.05) is 0 Å². The third-order valence-electron chi connectivity index (χ3n) is 5.09. The third kappa shape index (κ3) is 1.53. The number of hydrogen-bond donors (Lipinski definition) is 3. The Morgan fingerprint density at radius 3 is 2.53 bits per heavy atom. The number of ether oxygens (including phenoxy) is 1. The van der Waals surface area contributed by atoms with Crippen molar-refractivity contribution in [1.29, 1.82) is 0 Å². The molecule has 19 heavy (non-hydrogen) atoms.